The number of nitrogens with zero attached hydrogens (tertiary/aromatic N) is 2. The van der Waals surface area contributed by atoms with E-state index >= 15 is 0 Å². The highest BCUT2D eigenvalue weighted by atomic mass is 35.5. The number of hydrogen-bond donors (Lipinski definition) is 2. The van der Waals surface area contributed by atoms with Crippen LogP contribution in [0.1, 0.15) is 11.3 Å². The van der Waals surface area contributed by atoms with Gasteiger partial charge in [-0.2, -0.15) is 0 Å². The fraction of sp³-hybridized carbons (Fsp3) is 0.333. The molecule has 1 aromatic carbocycles. The molecule has 6 nitrogen and oxygen atoms in total. The molecular weight excluding hydrogens is 304 g/mol. The lowest BCUT2D eigenvalue weighted by atomic mass is 10.1. The Balaban J connectivity index is 0.00000176. The number of anilines is 2. The second-order valence-electron chi connectivity index (χ2n) is 4.78. The number of halogens is 1. The van der Waals surface area contributed by atoms with Crippen LogP contribution in [0.3, 0.4) is 0 Å². The van der Waals surface area contributed by atoms with Crippen molar-refractivity contribution in [3.63, 3.8) is 0 Å². The summed E-state index contributed by atoms with van der Waals surface area (Å²) >= 11 is 0. The Labute approximate surface area is 135 Å². The Morgan fingerprint density at radius 2 is 2.09 bits per heavy atom. The van der Waals surface area contributed by atoms with Crippen molar-refractivity contribution in [1.29, 1.82) is 0 Å². The number of fused-ring (bicyclic) bond motifs is 1. The zero-order valence-electron chi connectivity index (χ0n) is 12.5. The first kappa shape index (κ1) is 16.3. The molecule has 0 aliphatic carbocycles. The van der Waals surface area contributed by atoms with Gasteiger partial charge in [-0.3, -0.25) is 0 Å². The molecule has 0 spiro atoms. The maximum atomic E-state index is 5.35. The molecule has 2 N–H and O–H groups in total. The Morgan fingerprint density at radius 1 is 1.23 bits per heavy atom. The summed E-state index contributed by atoms with van der Waals surface area (Å²) in [5.74, 6) is 2.04. The molecule has 2 aromatic rings. The lowest BCUT2D eigenvalue weighted by molar-refractivity contribution is 0.405. The summed E-state index contributed by atoms with van der Waals surface area (Å²) < 4.78 is 10.6. The van der Waals surface area contributed by atoms with E-state index in [0.29, 0.717) is 5.95 Å². The second-order valence-corrected chi connectivity index (χ2v) is 4.78. The van der Waals surface area contributed by atoms with Crippen molar-refractivity contribution < 1.29 is 9.47 Å². The predicted molar refractivity (Wildman–Crippen MR) is 87.5 cm³/mol. The molecule has 3 rings (SSSR count). The molecule has 22 heavy (non-hydrogen) atoms. The van der Waals surface area contributed by atoms with Gasteiger partial charge in [-0.1, -0.05) is 0 Å². The third-order valence-electron chi connectivity index (χ3n) is 3.46. The predicted octanol–water partition coefficient (Wildman–Crippen LogP) is 2.30. The average molecular weight is 323 g/mol. The number of aromatic nitrogens is 2. The van der Waals surface area contributed by atoms with Crippen LogP contribution in [0.5, 0.6) is 11.5 Å². The average Bonchev–Trinajstić information content (AvgIpc) is 2.54. The molecule has 2 heterocycles. The number of nitrogens with one attached hydrogen (secondary N) is 2. The standard InChI is InChI=1S/C15H18N4O2.ClH/c1-20-11-3-4-14(21-2)13(7-11)19-15-17-9-10-8-16-6-5-12(10)18-15;/h3-4,7,9,16H,5-6,8H2,1-2H3,(H,17,18,19);1H. The van der Waals surface area contributed by atoms with Gasteiger partial charge >= 0.3 is 0 Å². The number of ether oxygens (including phenoxy) is 2. The van der Waals surface area contributed by atoms with Gasteiger partial charge in [-0.15, -0.1) is 12.4 Å². The molecule has 1 aliphatic rings. The summed E-state index contributed by atoms with van der Waals surface area (Å²) in [5.41, 5.74) is 3.03. The van der Waals surface area contributed by atoms with Gasteiger partial charge in [0, 0.05) is 37.3 Å². The minimum absolute atomic E-state index is 0. The van der Waals surface area contributed by atoms with E-state index in [9.17, 15) is 0 Å². The van der Waals surface area contributed by atoms with Gasteiger partial charge < -0.3 is 20.1 Å². The van der Waals surface area contributed by atoms with E-state index in [1.54, 1.807) is 14.2 Å². The molecule has 0 radical (unpaired) electrons. The van der Waals surface area contributed by atoms with E-state index in [0.717, 1.165) is 48.0 Å². The fourth-order valence-corrected chi connectivity index (χ4v) is 2.33. The first-order valence-corrected chi connectivity index (χ1v) is 6.84. The minimum atomic E-state index is 0. The summed E-state index contributed by atoms with van der Waals surface area (Å²) in [5, 5.41) is 6.51. The molecule has 1 aromatic heterocycles. The smallest absolute Gasteiger partial charge is 0.227 e. The van der Waals surface area contributed by atoms with Crippen LogP contribution in [0.2, 0.25) is 0 Å². The molecule has 0 unspecified atom stereocenters. The quantitative estimate of drug-likeness (QED) is 0.900. The molecular formula is C15H19ClN4O2. The molecule has 0 amide bonds. The Hall–Kier alpha value is -2.05. The second kappa shape index (κ2) is 7.29. The summed E-state index contributed by atoms with van der Waals surface area (Å²) in [4.78, 5) is 8.94. The Bertz CT molecular complexity index is 651. The van der Waals surface area contributed by atoms with Crippen LogP contribution < -0.4 is 20.1 Å². The van der Waals surface area contributed by atoms with Crippen LogP contribution in [0, 0.1) is 0 Å². The van der Waals surface area contributed by atoms with Gasteiger partial charge in [0.25, 0.3) is 0 Å². The summed E-state index contributed by atoms with van der Waals surface area (Å²) in [6.45, 7) is 1.78. The molecule has 0 saturated heterocycles. The van der Waals surface area contributed by atoms with E-state index in [-0.39, 0.29) is 12.4 Å². The summed E-state index contributed by atoms with van der Waals surface area (Å²) in [6, 6.07) is 5.57. The number of rotatable bonds is 4. The van der Waals surface area contributed by atoms with Crippen molar-refractivity contribution in [3.05, 3.63) is 35.7 Å². The van der Waals surface area contributed by atoms with Crippen molar-refractivity contribution in [3.8, 4) is 11.5 Å². The molecule has 0 fully saturated rings. The summed E-state index contributed by atoms with van der Waals surface area (Å²) in [7, 11) is 3.26. The van der Waals surface area contributed by atoms with Crippen molar-refractivity contribution in [2.24, 2.45) is 0 Å². The molecule has 0 bridgehead atoms. The Morgan fingerprint density at radius 3 is 2.86 bits per heavy atom. The molecule has 118 valence electrons. The fourth-order valence-electron chi connectivity index (χ4n) is 2.33. The Kier molecular flexibility index (Phi) is 5.41. The summed E-state index contributed by atoms with van der Waals surface area (Å²) in [6.07, 6.45) is 2.78. The largest absolute Gasteiger partial charge is 0.497 e. The van der Waals surface area contributed by atoms with Crippen LogP contribution in [0.4, 0.5) is 11.6 Å². The van der Waals surface area contributed by atoms with Crippen LogP contribution in [0.25, 0.3) is 0 Å². The molecule has 0 atom stereocenters. The first-order valence-electron chi connectivity index (χ1n) is 6.84. The highest BCUT2D eigenvalue weighted by molar-refractivity contribution is 5.85. The number of benzene rings is 1. The normalized spacial score (nSPS) is 12.8. The molecule has 7 heteroatoms. The maximum absolute atomic E-state index is 5.35. The zero-order valence-corrected chi connectivity index (χ0v) is 13.4. The van der Waals surface area contributed by atoms with Gasteiger partial charge in [0.2, 0.25) is 5.95 Å². The number of hydrogen-bond acceptors (Lipinski definition) is 6. The minimum Gasteiger partial charge on any atom is -0.497 e. The van der Waals surface area contributed by atoms with Gasteiger partial charge in [0.05, 0.1) is 25.6 Å². The van der Waals surface area contributed by atoms with E-state index in [1.165, 1.54) is 0 Å². The lowest BCUT2D eigenvalue weighted by Crippen LogP contribution is -2.25. The highest BCUT2D eigenvalue weighted by Crippen LogP contribution is 2.30. The highest BCUT2D eigenvalue weighted by Gasteiger charge is 2.13. The topological polar surface area (TPSA) is 68.3 Å². The van der Waals surface area contributed by atoms with Crippen LogP contribution >= 0.6 is 12.4 Å². The lowest BCUT2D eigenvalue weighted by Gasteiger charge is -2.17. The van der Waals surface area contributed by atoms with E-state index in [1.807, 2.05) is 24.4 Å². The van der Waals surface area contributed by atoms with Crippen LogP contribution in [-0.2, 0) is 13.0 Å². The van der Waals surface area contributed by atoms with Gasteiger partial charge in [-0.25, -0.2) is 9.97 Å². The SMILES string of the molecule is COc1ccc(OC)c(Nc2ncc3c(n2)CCNC3)c1.Cl. The monoisotopic (exact) mass is 322 g/mol. The van der Waals surface area contributed by atoms with Crippen molar-refractivity contribution in [2.75, 3.05) is 26.1 Å². The van der Waals surface area contributed by atoms with Crippen LogP contribution in [-0.4, -0.2) is 30.7 Å². The first-order chi connectivity index (χ1) is 10.3. The third-order valence-corrected chi connectivity index (χ3v) is 3.46. The van der Waals surface area contributed by atoms with Crippen molar-refractivity contribution >= 4 is 24.0 Å². The van der Waals surface area contributed by atoms with E-state index in [2.05, 4.69) is 20.6 Å². The molecule has 1 aliphatic heterocycles. The zero-order chi connectivity index (χ0) is 14.7. The maximum Gasteiger partial charge on any atom is 0.227 e. The number of methoxy groups -OCH3 is 2. The molecule has 0 saturated carbocycles. The van der Waals surface area contributed by atoms with Gasteiger partial charge in [0.15, 0.2) is 0 Å². The van der Waals surface area contributed by atoms with E-state index < -0.39 is 0 Å². The third kappa shape index (κ3) is 3.40. The van der Waals surface area contributed by atoms with Crippen molar-refractivity contribution in [1.82, 2.24) is 15.3 Å². The van der Waals surface area contributed by atoms with Gasteiger partial charge in [-0.05, 0) is 12.1 Å². The van der Waals surface area contributed by atoms with Crippen LogP contribution in [0.15, 0.2) is 24.4 Å². The van der Waals surface area contributed by atoms with Gasteiger partial charge in [0.1, 0.15) is 11.5 Å². The van der Waals surface area contributed by atoms with Crippen molar-refractivity contribution in [2.45, 2.75) is 13.0 Å². The van der Waals surface area contributed by atoms with E-state index in [4.69, 9.17) is 9.47 Å².